The number of piperidine rings is 1. The monoisotopic (exact) mass is 462 g/mol. The van der Waals surface area contributed by atoms with E-state index in [-0.39, 0.29) is 11.9 Å². The van der Waals surface area contributed by atoms with Crippen LogP contribution in [0.25, 0.3) is 11.0 Å². The maximum Gasteiger partial charge on any atom is 0.265 e. The first-order valence-corrected chi connectivity index (χ1v) is 13.1. The molecule has 1 atom stereocenters. The Balaban J connectivity index is 1.63. The molecule has 164 valence electrons. The zero-order valence-electron chi connectivity index (χ0n) is 18.0. The lowest BCUT2D eigenvalue weighted by Crippen LogP contribution is -2.34. The van der Waals surface area contributed by atoms with E-state index in [2.05, 4.69) is 40.7 Å². The van der Waals surface area contributed by atoms with Gasteiger partial charge < -0.3 is 9.73 Å². The van der Waals surface area contributed by atoms with Crippen molar-refractivity contribution in [3.8, 4) is 0 Å². The van der Waals surface area contributed by atoms with Crippen LogP contribution in [0, 0.1) is 0 Å². The lowest BCUT2D eigenvalue weighted by atomic mass is 9.98. The first-order valence-electron chi connectivity index (χ1n) is 11.0. The second-order valence-electron chi connectivity index (χ2n) is 8.04. The van der Waals surface area contributed by atoms with Crippen molar-refractivity contribution in [1.82, 2.24) is 4.90 Å². The third kappa shape index (κ3) is 4.22. The molecule has 0 saturated carbocycles. The van der Waals surface area contributed by atoms with Gasteiger partial charge in [0.2, 0.25) is 0 Å². The molecule has 0 unspecified atom stereocenters. The predicted molar refractivity (Wildman–Crippen MR) is 134 cm³/mol. The van der Waals surface area contributed by atoms with Gasteiger partial charge in [-0.1, -0.05) is 36.8 Å². The lowest BCUT2D eigenvalue weighted by Gasteiger charge is -2.34. The van der Waals surface area contributed by atoms with Crippen molar-refractivity contribution < 1.29 is 9.21 Å². The highest BCUT2D eigenvalue weighted by molar-refractivity contribution is 7.98. The number of carbonyl (C=O) groups is 1. The van der Waals surface area contributed by atoms with Crippen LogP contribution in [0.1, 0.15) is 46.3 Å². The maximum atomic E-state index is 13.0. The van der Waals surface area contributed by atoms with E-state index in [0.29, 0.717) is 4.88 Å². The summed E-state index contributed by atoms with van der Waals surface area (Å²) in [6, 6.07) is 20.4. The third-order valence-corrected chi connectivity index (χ3v) is 7.65. The zero-order chi connectivity index (χ0) is 21.9. The summed E-state index contributed by atoms with van der Waals surface area (Å²) < 4.78 is 6.49. The Hall–Kier alpha value is -2.54. The van der Waals surface area contributed by atoms with E-state index in [1.807, 2.05) is 41.8 Å². The Bertz CT molecular complexity index is 1190. The number of fused-ring (bicyclic) bond motifs is 1. The third-order valence-electron chi connectivity index (χ3n) is 6.04. The highest BCUT2D eigenvalue weighted by Crippen LogP contribution is 2.41. The van der Waals surface area contributed by atoms with Gasteiger partial charge in [0.15, 0.2) is 0 Å². The normalized spacial score (nSPS) is 15.7. The number of anilines is 1. The van der Waals surface area contributed by atoms with Gasteiger partial charge in [-0.15, -0.1) is 23.1 Å². The van der Waals surface area contributed by atoms with E-state index in [9.17, 15) is 4.79 Å². The van der Waals surface area contributed by atoms with Gasteiger partial charge in [0.05, 0.1) is 16.6 Å². The lowest BCUT2D eigenvalue weighted by molar-refractivity contribution is 0.102. The highest BCUT2D eigenvalue weighted by atomic mass is 32.2. The Labute approximate surface area is 196 Å². The number of benzene rings is 2. The zero-order valence-corrected chi connectivity index (χ0v) is 19.7. The second-order valence-corrected chi connectivity index (χ2v) is 9.87. The number of rotatable bonds is 6. The molecule has 0 bridgehead atoms. The molecular formula is C26H26N2O2S2. The van der Waals surface area contributed by atoms with E-state index in [1.54, 1.807) is 11.8 Å². The average molecular weight is 463 g/mol. The molecule has 5 rings (SSSR count). The van der Waals surface area contributed by atoms with E-state index in [4.69, 9.17) is 4.42 Å². The number of hydrogen-bond acceptors (Lipinski definition) is 5. The van der Waals surface area contributed by atoms with Gasteiger partial charge in [0, 0.05) is 10.3 Å². The van der Waals surface area contributed by atoms with Crippen LogP contribution < -0.4 is 5.32 Å². The number of para-hydroxylation sites is 1. The molecule has 3 heterocycles. The molecule has 2 aromatic heterocycles. The van der Waals surface area contributed by atoms with Crippen LogP contribution >= 0.6 is 23.1 Å². The molecule has 6 heteroatoms. The molecular weight excluding hydrogens is 436 g/mol. The van der Waals surface area contributed by atoms with Crippen LogP contribution in [0.2, 0.25) is 0 Å². The molecule has 32 heavy (non-hydrogen) atoms. The smallest absolute Gasteiger partial charge is 0.265 e. The Kier molecular flexibility index (Phi) is 6.35. The molecule has 0 aliphatic carbocycles. The van der Waals surface area contributed by atoms with Gasteiger partial charge in [0.25, 0.3) is 5.91 Å². The van der Waals surface area contributed by atoms with Crippen LogP contribution in [0.15, 0.2) is 75.4 Å². The number of nitrogens with zero attached hydrogens (tertiary/aromatic N) is 1. The topological polar surface area (TPSA) is 45.5 Å². The number of thioether (sulfide) groups is 1. The average Bonchev–Trinajstić information content (AvgIpc) is 3.50. The summed E-state index contributed by atoms with van der Waals surface area (Å²) in [5.74, 6) is 0.720. The minimum atomic E-state index is -0.0945. The van der Waals surface area contributed by atoms with Crippen molar-refractivity contribution in [2.45, 2.75) is 30.2 Å². The Morgan fingerprint density at radius 2 is 1.81 bits per heavy atom. The number of furan rings is 1. The molecule has 4 nitrogen and oxygen atoms in total. The number of hydrogen-bond donors (Lipinski definition) is 1. The summed E-state index contributed by atoms with van der Waals surface area (Å²) in [6.07, 6.45) is 5.71. The van der Waals surface area contributed by atoms with Gasteiger partial charge in [-0.3, -0.25) is 9.69 Å². The molecule has 2 aromatic carbocycles. The quantitative estimate of drug-likeness (QED) is 0.312. The molecule has 1 aliphatic heterocycles. The Morgan fingerprint density at radius 1 is 1.03 bits per heavy atom. The summed E-state index contributed by atoms with van der Waals surface area (Å²) in [5, 5.41) is 6.06. The number of likely N-dealkylation sites (tertiary alicyclic amines) is 1. The van der Waals surface area contributed by atoms with Crippen molar-refractivity contribution in [1.29, 1.82) is 0 Å². The summed E-state index contributed by atoms with van der Waals surface area (Å²) in [7, 11) is 0. The molecule has 1 amide bonds. The number of nitrogens with one attached hydrogen (secondary N) is 1. The first kappa shape index (κ1) is 21.3. The van der Waals surface area contributed by atoms with Crippen molar-refractivity contribution in [2.24, 2.45) is 0 Å². The molecule has 1 saturated heterocycles. The molecule has 4 aromatic rings. The van der Waals surface area contributed by atoms with Gasteiger partial charge in [-0.25, -0.2) is 0 Å². The van der Waals surface area contributed by atoms with Crippen molar-refractivity contribution in [2.75, 3.05) is 24.7 Å². The first-order chi connectivity index (χ1) is 15.7. The molecule has 0 spiro atoms. The number of carbonyl (C=O) groups excluding carboxylic acids is 1. The minimum absolute atomic E-state index is 0.0442. The summed E-state index contributed by atoms with van der Waals surface area (Å²) >= 11 is 3.19. The molecule has 0 radical (unpaired) electrons. The highest BCUT2D eigenvalue weighted by Gasteiger charge is 2.31. The number of thiophene rings is 1. The summed E-state index contributed by atoms with van der Waals surface area (Å²) in [4.78, 5) is 17.5. The standard InChI is InChI=1S/C26H26N2O2S2/c1-31-19-13-11-18(12-14-19)24(28-15-5-2-6-16-28)25-23(20-8-3-4-9-21(20)30-25)27-26(29)22-10-7-17-32-22/h3-4,7-14,17,24H,2,5-6,15-16H2,1H3,(H,27,29)/t24-/m1/s1. The summed E-state index contributed by atoms with van der Waals surface area (Å²) in [6.45, 7) is 2.04. The van der Waals surface area contributed by atoms with Crippen molar-refractivity contribution in [3.63, 3.8) is 0 Å². The fraction of sp³-hybridized carbons (Fsp3) is 0.269. The van der Waals surface area contributed by atoms with Gasteiger partial charge in [0.1, 0.15) is 11.3 Å². The number of amides is 1. The minimum Gasteiger partial charge on any atom is -0.457 e. The fourth-order valence-electron chi connectivity index (χ4n) is 4.46. The fourth-order valence-corrected chi connectivity index (χ4v) is 5.49. The molecule has 1 fully saturated rings. The second kappa shape index (κ2) is 9.53. The van der Waals surface area contributed by atoms with E-state index < -0.39 is 0 Å². The Morgan fingerprint density at radius 3 is 2.53 bits per heavy atom. The summed E-state index contributed by atoms with van der Waals surface area (Å²) in [5.41, 5.74) is 2.77. The van der Waals surface area contributed by atoms with E-state index >= 15 is 0 Å². The van der Waals surface area contributed by atoms with Gasteiger partial charge in [-0.05, 0) is 73.5 Å². The SMILES string of the molecule is CSc1ccc([C@H](c2oc3ccccc3c2NC(=O)c2cccs2)N2CCCCC2)cc1. The van der Waals surface area contributed by atoms with Crippen molar-refractivity contribution >= 4 is 45.7 Å². The molecule has 1 aliphatic rings. The van der Waals surface area contributed by atoms with Crippen molar-refractivity contribution in [3.05, 3.63) is 82.2 Å². The predicted octanol–water partition coefficient (Wildman–Crippen LogP) is 7.04. The van der Waals surface area contributed by atoms with E-state index in [1.165, 1.54) is 41.1 Å². The van der Waals surface area contributed by atoms with Crippen LogP contribution in [-0.4, -0.2) is 30.2 Å². The van der Waals surface area contributed by atoms with Crippen LogP contribution in [-0.2, 0) is 0 Å². The largest absolute Gasteiger partial charge is 0.457 e. The maximum absolute atomic E-state index is 13.0. The van der Waals surface area contributed by atoms with Crippen LogP contribution in [0.4, 0.5) is 5.69 Å². The van der Waals surface area contributed by atoms with E-state index in [0.717, 1.165) is 35.5 Å². The molecule has 1 N–H and O–H groups in total. The van der Waals surface area contributed by atoms with Gasteiger partial charge >= 0.3 is 0 Å². The van der Waals surface area contributed by atoms with Gasteiger partial charge in [-0.2, -0.15) is 0 Å². The van der Waals surface area contributed by atoms with Crippen LogP contribution in [0.3, 0.4) is 0 Å². The van der Waals surface area contributed by atoms with Crippen LogP contribution in [0.5, 0.6) is 0 Å².